The second-order valence-electron chi connectivity index (χ2n) is 8.95. The van der Waals surface area contributed by atoms with Crippen LogP contribution in [0.25, 0.3) is 0 Å². The molecule has 0 heterocycles. The molecular formula is C24H52NO+. The number of hydrogen-bond acceptors (Lipinski definition) is 1. The number of hydrogen-bond donors (Lipinski definition) is 0. The molecule has 1 unspecified atom stereocenters. The van der Waals surface area contributed by atoms with Gasteiger partial charge >= 0.3 is 0 Å². The molecular weight excluding hydrogens is 318 g/mol. The molecule has 0 aromatic heterocycles. The molecule has 0 saturated carbocycles. The quantitative estimate of drug-likeness (QED) is 0.120. The Hall–Kier alpha value is -0.0800. The molecule has 0 aliphatic carbocycles. The Morgan fingerprint density at radius 3 is 1.42 bits per heavy atom. The average molecular weight is 371 g/mol. The highest BCUT2D eigenvalue weighted by Crippen LogP contribution is 2.15. The van der Waals surface area contributed by atoms with Gasteiger partial charge in [-0.3, -0.25) is 0 Å². The molecule has 0 rings (SSSR count). The molecule has 0 saturated heterocycles. The van der Waals surface area contributed by atoms with Gasteiger partial charge in [-0.15, -0.1) is 0 Å². The average Bonchev–Trinajstić information content (AvgIpc) is 2.59. The first-order valence-corrected chi connectivity index (χ1v) is 12.0. The largest absolute Gasteiger partial charge is 0.200 e. The van der Waals surface area contributed by atoms with Crippen LogP contribution in [0.4, 0.5) is 0 Å². The van der Waals surface area contributed by atoms with E-state index in [1.807, 2.05) is 0 Å². The maximum atomic E-state index is 6.29. The Morgan fingerprint density at radius 1 is 0.577 bits per heavy atom. The van der Waals surface area contributed by atoms with Crippen molar-refractivity contribution in [2.24, 2.45) is 0 Å². The van der Waals surface area contributed by atoms with Crippen molar-refractivity contribution in [1.29, 1.82) is 0 Å². The van der Waals surface area contributed by atoms with Gasteiger partial charge in [0, 0.05) is 0 Å². The summed E-state index contributed by atoms with van der Waals surface area (Å²) in [5, 5.41) is 0. The van der Waals surface area contributed by atoms with Crippen LogP contribution >= 0.6 is 0 Å². The zero-order chi connectivity index (χ0) is 19.5. The number of hydroxylamine groups is 3. The summed E-state index contributed by atoms with van der Waals surface area (Å²) in [6.45, 7) is 7.98. The van der Waals surface area contributed by atoms with Crippen molar-refractivity contribution >= 4 is 0 Å². The molecule has 0 fully saturated rings. The minimum Gasteiger partial charge on any atom is -0.200 e. The highest BCUT2D eigenvalue weighted by molar-refractivity contribution is 4.51. The molecule has 26 heavy (non-hydrogen) atoms. The van der Waals surface area contributed by atoms with E-state index in [0.29, 0.717) is 6.10 Å². The van der Waals surface area contributed by atoms with Gasteiger partial charge in [0.05, 0.1) is 14.1 Å². The lowest BCUT2D eigenvalue weighted by Crippen LogP contribution is -2.43. The Kier molecular flexibility index (Phi) is 18.2. The van der Waals surface area contributed by atoms with Crippen LogP contribution in [0.2, 0.25) is 0 Å². The fraction of sp³-hybridized carbons (Fsp3) is 1.00. The fourth-order valence-electron chi connectivity index (χ4n) is 3.78. The van der Waals surface area contributed by atoms with Gasteiger partial charge in [0.25, 0.3) is 0 Å². The molecule has 2 heteroatoms. The van der Waals surface area contributed by atoms with Gasteiger partial charge in [0.2, 0.25) is 0 Å². The van der Waals surface area contributed by atoms with Gasteiger partial charge in [-0.2, -0.15) is 4.65 Å². The maximum absolute atomic E-state index is 6.29. The summed E-state index contributed by atoms with van der Waals surface area (Å²) < 4.78 is 0.730. The van der Waals surface area contributed by atoms with Crippen molar-refractivity contribution in [2.75, 3.05) is 20.6 Å². The van der Waals surface area contributed by atoms with Crippen molar-refractivity contribution in [2.45, 2.75) is 136 Å². The summed E-state index contributed by atoms with van der Waals surface area (Å²) >= 11 is 0. The van der Waals surface area contributed by atoms with Crippen LogP contribution in [0.1, 0.15) is 130 Å². The van der Waals surface area contributed by atoms with Crippen LogP contribution in [-0.2, 0) is 4.84 Å². The maximum Gasteiger partial charge on any atom is 0.114 e. The summed E-state index contributed by atoms with van der Waals surface area (Å²) in [7, 11) is 4.46. The number of rotatable bonds is 20. The van der Waals surface area contributed by atoms with E-state index >= 15 is 0 Å². The zero-order valence-corrected chi connectivity index (χ0v) is 19.2. The van der Waals surface area contributed by atoms with Gasteiger partial charge in [-0.25, -0.2) is 4.84 Å². The highest BCUT2D eigenvalue weighted by atomic mass is 16.7. The third-order valence-corrected chi connectivity index (χ3v) is 5.48. The first kappa shape index (κ1) is 25.9. The summed E-state index contributed by atoms with van der Waals surface area (Å²) in [6.07, 6.45) is 23.9. The Labute approximate surface area is 166 Å². The molecule has 0 N–H and O–H groups in total. The Bertz CT molecular complexity index is 277. The lowest BCUT2D eigenvalue weighted by molar-refractivity contribution is -1.08. The Balaban J connectivity index is 3.52. The topological polar surface area (TPSA) is 9.23 Å². The van der Waals surface area contributed by atoms with Crippen molar-refractivity contribution in [3.63, 3.8) is 0 Å². The minimum absolute atomic E-state index is 0.388. The molecule has 0 spiro atoms. The predicted molar refractivity (Wildman–Crippen MR) is 117 cm³/mol. The van der Waals surface area contributed by atoms with Gasteiger partial charge < -0.3 is 0 Å². The molecule has 0 aliphatic heterocycles. The van der Waals surface area contributed by atoms with E-state index < -0.39 is 0 Å². The van der Waals surface area contributed by atoms with Gasteiger partial charge in [0.15, 0.2) is 0 Å². The van der Waals surface area contributed by atoms with Crippen LogP contribution < -0.4 is 0 Å². The third-order valence-electron chi connectivity index (χ3n) is 5.48. The summed E-state index contributed by atoms with van der Waals surface area (Å²) in [5.41, 5.74) is 0. The first-order valence-electron chi connectivity index (χ1n) is 12.0. The van der Waals surface area contributed by atoms with Crippen LogP contribution in [-0.4, -0.2) is 31.4 Å². The molecule has 2 nitrogen and oxygen atoms in total. The third kappa shape index (κ3) is 18.7. The summed E-state index contributed by atoms with van der Waals surface area (Å²) in [4.78, 5) is 6.29. The van der Waals surface area contributed by atoms with E-state index in [1.54, 1.807) is 0 Å². The lowest BCUT2D eigenvalue weighted by Gasteiger charge is -2.30. The molecule has 158 valence electrons. The monoisotopic (exact) mass is 370 g/mol. The van der Waals surface area contributed by atoms with E-state index in [-0.39, 0.29) is 0 Å². The molecule has 1 atom stereocenters. The molecule has 0 aromatic carbocycles. The molecule has 0 aliphatic rings. The fourth-order valence-corrected chi connectivity index (χ4v) is 3.78. The number of quaternary nitrogens is 1. The van der Waals surface area contributed by atoms with Crippen LogP contribution in [0.5, 0.6) is 0 Å². The van der Waals surface area contributed by atoms with E-state index in [0.717, 1.165) is 11.2 Å². The van der Waals surface area contributed by atoms with E-state index in [9.17, 15) is 0 Å². The lowest BCUT2D eigenvalue weighted by atomic mass is 10.1. The number of unbranched alkanes of at least 4 members (excludes halogenated alkanes) is 14. The SMILES string of the molecule is CCCCCCCCCCC(C)O[N+](C)(C)CCCCCCCCCC. The summed E-state index contributed by atoms with van der Waals surface area (Å²) in [5.74, 6) is 0. The van der Waals surface area contributed by atoms with Crippen LogP contribution in [0.15, 0.2) is 0 Å². The normalized spacial score (nSPS) is 13.3. The van der Waals surface area contributed by atoms with Crippen LogP contribution in [0.3, 0.4) is 0 Å². The molecule has 0 aromatic rings. The van der Waals surface area contributed by atoms with Crippen molar-refractivity contribution in [3.05, 3.63) is 0 Å². The van der Waals surface area contributed by atoms with Gasteiger partial charge in [0.1, 0.15) is 12.6 Å². The second-order valence-corrected chi connectivity index (χ2v) is 8.95. The van der Waals surface area contributed by atoms with Crippen molar-refractivity contribution in [1.82, 2.24) is 0 Å². The van der Waals surface area contributed by atoms with Crippen molar-refractivity contribution in [3.8, 4) is 0 Å². The van der Waals surface area contributed by atoms with E-state index in [2.05, 4.69) is 34.9 Å². The van der Waals surface area contributed by atoms with E-state index in [1.165, 1.54) is 109 Å². The molecule has 0 amide bonds. The number of nitrogens with zero attached hydrogens (tertiary/aromatic N) is 1. The highest BCUT2D eigenvalue weighted by Gasteiger charge is 2.20. The predicted octanol–water partition coefficient (Wildman–Crippen LogP) is 8.05. The zero-order valence-electron chi connectivity index (χ0n) is 19.2. The smallest absolute Gasteiger partial charge is 0.114 e. The second kappa shape index (κ2) is 18.3. The first-order chi connectivity index (χ1) is 12.5. The molecule has 0 radical (unpaired) electrons. The summed E-state index contributed by atoms with van der Waals surface area (Å²) in [6, 6.07) is 0. The standard InChI is InChI=1S/C24H52NO/c1-6-8-10-12-14-16-18-20-22-24(3)26-25(4,5)23-21-19-17-15-13-11-9-7-2/h24H,6-23H2,1-5H3/q+1. The van der Waals surface area contributed by atoms with Gasteiger partial charge in [-0.1, -0.05) is 104 Å². The van der Waals surface area contributed by atoms with E-state index in [4.69, 9.17) is 4.84 Å². The van der Waals surface area contributed by atoms with Gasteiger partial charge in [-0.05, 0) is 26.2 Å². The Morgan fingerprint density at radius 2 is 0.962 bits per heavy atom. The molecule has 0 bridgehead atoms. The minimum atomic E-state index is 0.388. The van der Waals surface area contributed by atoms with Crippen molar-refractivity contribution < 1.29 is 9.48 Å². The van der Waals surface area contributed by atoms with Crippen LogP contribution in [0, 0.1) is 0 Å².